The Labute approximate surface area is 93.8 Å². The van der Waals surface area contributed by atoms with Crippen LogP contribution in [0.25, 0.3) is 0 Å². The van der Waals surface area contributed by atoms with Crippen LogP contribution in [-0.4, -0.2) is 31.8 Å². The maximum absolute atomic E-state index is 5.92. The van der Waals surface area contributed by atoms with Crippen LogP contribution in [0.3, 0.4) is 0 Å². The highest BCUT2D eigenvalue weighted by atomic mass is 16.5. The highest BCUT2D eigenvalue weighted by Crippen LogP contribution is 2.13. The minimum atomic E-state index is -0.0135. The van der Waals surface area contributed by atoms with Crippen LogP contribution in [0.4, 0.5) is 0 Å². The maximum Gasteiger partial charge on any atom is 0.0469 e. The normalized spacial score (nSPS) is 19.4. The predicted octanol–water partition coefficient (Wildman–Crippen LogP) is 1.52. The van der Waals surface area contributed by atoms with Gasteiger partial charge in [-0.05, 0) is 58.5 Å². The second-order valence-electron chi connectivity index (χ2n) is 5.35. The van der Waals surface area contributed by atoms with E-state index in [0.29, 0.717) is 0 Å². The van der Waals surface area contributed by atoms with Gasteiger partial charge in [-0.1, -0.05) is 0 Å². The van der Waals surface area contributed by atoms with Crippen molar-refractivity contribution in [1.29, 1.82) is 0 Å². The molecule has 1 saturated heterocycles. The van der Waals surface area contributed by atoms with Crippen molar-refractivity contribution >= 4 is 0 Å². The second-order valence-corrected chi connectivity index (χ2v) is 5.35. The molecule has 3 heteroatoms. The molecule has 1 rings (SSSR count). The van der Waals surface area contributed by atoms with Crippen LogP contribution < -0.4 is 11.1 Å². The number of hydrogen-bond donors (Lipinski definition) is 2. The SMILES string of the molecule is CC(C)(N)CCCNCC1CCOCC1. The molecule has 0 aromatic rings. The summed E-state index contributed by atoms with van der Waals surface area (Å²) in [4.78, 5) is 0. The monoisotopic (exact) mass is 214 g/mol. The average Bonchev–Trinajstić information content (AvgIpc) is 2.17. The van der Waals surface area contributed by atoms with Crippen molar-refractivity contribution in [3.63, 3.8) is 0 Å². The van der Waals surface area contributed by atoms with Gasteiger partial charge >= 0.3 is 0 Å². The zero-order chi connectivity index (χ0) is 11.1. The van der Waals surface area contributed by atoms with E-state index in [4.69, 9.17) is 10.5 Å². The summed E-state index contributed by atoms with van der Waals surface area (Å²) in [6.07, 6.45) is 4.70. The quantitative estimate of drug-likeness (QED) is 0.659. The first kappa shape index (κ1) is 12.9. The summed E-state index contributed by atoms with van der Waals surface area (Å²) in [5, 5.41) is 3.52. The molecule has 0 atom stereocenters. The molecule has 3 N–H and O–H groups in total. The van der Waals surface area contributed by atoms with Gasteiger partial charge in [0.1, 0.15) is 0 Å². The van der Waals surface area contributed by atoms with Crippen molar-refractivity contribution in [3.8, 4) is 0 Å². The summed E-state index contributed by atoms with van der Waals surface area (Å²) in [6, 6.07) is 0. The van der Waals surface area contributed by atoms with Gasteiger partial charge in [0.2, 0.25) is 0 Å². The molecule has 90 valence electrons. The lowest BCUT2D eigenvalue weighted by Gasteiger charge is -2.23. The van der Waals surface area contributed by atoms with Gasteiger partial charge in [0, 0.05) is 18.8 Å². The number of nitrogens with one attached hydrogen (secondary N) is 1. The van der Waals surface area contributed by atoms with Gasteiger partial charge in [-0.3, -0.25) is 0 Å². The minimum Gasteiger partial charge on any atom is -0.381 e. The van der Waals surface area contributed by atoms with E-state index in [9.17, 15) is 0 Å². The molecule has 0 saturated carbocycles. The fourth-order valence-corrected chi connectivity index (χ4v) is 1.93. The summed E-state index contributed by atoms with van der Waals surface area (Å²) in [7, 11) is 0. The van der Waals surface area contributed by atoms with E-state index in [2.05, 4.69) is 19.2 Å². The van der Waals surface area contributed by atoms with Crippen molar-refractivity contribution in [2.75, 3.05) is 26.3 Å². The van der Waals surface area contributed by atoms with Crippen molar-refractivity contribution in [3.05, 3.63) is 0 Å². The number of nitrogens with two attached hydrogens (primary N) is 1. The Kier molecular flexibility index (Phi) is 5.58. The molecule has 0 radical (unpaired) electrons. The molecule has 0 bridgehead atoms. The Bertz CT molecular complexity index is 159. The standard InChI is InChI=1S/C12H26N2O/c1-12(2,13)6-3-7-14-10-11-4-8-15-9-5-11/h11,14H,3-10,13H2,1-2H3. The second kappa shape index (κ2) is 6.46. The minimum absolute atomic E-state index is 0.0135. The molecule has 3 nitrogen and oxygen atoms in total. The Morgan fingerprint density at radius 1 is 1.33 bits per heavy atom. The molecular weight excluding hydrogens is 188 g/mol. The largest absolute Gasteiger partial charge is 0.381 e. The average molecular weight is 214 g/mol. The molecule has 0 aromatic carbocycles. The zero-order valence-electron chi connectivity index (χ0n) is 10.2. The third-order valence-electron chi connectivity index (χ3n) is 2.95. The van der Waals surface area contributed by atoms with Gasteiger partial charge in [0.05, 0.1) is 0 Å². The van der Waals surface area contributed by atoms with Gasteiger partial charge in [-0.25, -0.2) is 0 Å². The number of hydrogen-bond acceptors (Lipinski definition) is 3. The predicted molar refractivity (Wildman–Crippen MR) is 63.9 cm³/mol. The van der Waals surface area contributed by atoms with Crippen LogP contribution in [0.1, 0.15) is 39.5 Å². The Morgan fingerprint density at radius 2 is 2.00 bits per heavy atom. The van der Waals surface area contributed by atoms with Crippen molar-refractivity contribution in [1.82, 2.24) is 5.32 Å². The van der Waals surface area contributed by atoms with E-state index in [1.165, 1.54) is 19.3 Å². The van der Waals surface area contributed by atoms with Crippen LogP contribution >= 0.6 is 0 Å². The Morgan fingerprint density at radius 3 is 2.60 bits per heavy atom. The summed E-state index contributed by atoms with van der Waals surface area (Å²) in [5.41, 5.74) is 5.90. The highest BCUT2D eigenvalue weighted by Gasteiger charge is 2.13. The van der Waals surface area contributed by atoms with E-state index in [0.717, 1.165) is 38.6 Å². The Balaban J connectivity index is 1.92. The van der Waals surface area contributed by atoms with E-state index in [1.807, 2.05) is 0 Å². The summed E-state index contributed by atoms with van der Waals surface area (Å²) < 4.78 is 5.33. The first-order valence-electron chi connectivity index (χ1n) is 6.15. The lowest BCUT2D eigenvalue weighted by Crippen LogP contribution is -2.33. The topological polar surface area (TPSA) is 47.3 Å². The third-order valence-corrected chi connectivity index (χ3v) is 2.95. The molecule has 0 unspecified atom stereocenters. The molecular formula is C12H26N2O. The van der Waals surface area contributed by atoms with Crippen LogP contribution in [0.15, 0.2) is 0 Å². The van der Waals surface area contributed by atoms with E-state index in [-0.39, 0.29) is 5.54 Å². The van der Waals surface area contributed by atoms with Crippen LogP contribution in [0.5, 0.6) is 0 Å². The van der Waals surface area contributed by atoms with Gasteiger partial charge in [0.15, 0.2) is 0 Å². The first-order valence-corrected chi connectivity index (χ1v) is 6.15. The van der Waals surface area contributed by atoms with Crippen LogP contribution in [-0.2, 0) is 4.74 Å². The zero-order valence-corrected chi connectivity index (χ0v) is 10.2. The van der Waals surface area contributed by atoms with Gasteiger partial charge in [-0.15, -0.1) is 0 Å². The summed E-state index contributed by atoms with van der Waals surface area (Å²) in [6.45, 7) is 8.31. The lowest BCUT2D eigenvalue weighted by atomic mass is 9.99. The van der Waals surface area contributed by atoms with Crippen LogP contribution in [0.2, 0.25) is 0 Å². The molecule has 1 aliphatic heterocycles. The highest BCUT2D eigenvalue weighted by molar-refractivity contribution is 4.72. The van der Waals surface area contributed by atoms with Gasteiger partial charge < -0.3 is 15.8 Å². The first-order chi connectivity index (χ1) is 7.08. The molecule has 1 aliphatic rings. The maximum atomic E-state index is 5.92. The van der Waals surface area contributed by atoms with Crippen molar-refractivity contribution in [2.45, 2.75) is 45.1 Å². The molecule has 1 heterocycles. The third kappa shape index (κ3) is 6.88. The molecule has 0 aromatic heterocycles. The van der Waals surface area contributed by atoms with E-state index >= 15 is 0 Å². The van der Waals surface area contributed by atoms with Gasteiger partial charge in [0.25, 0.3) is 0 Å². The fourth-order valence-electron chi connectivity index (χ4n) is 1.93. The molecule has 0 spiro atoms. The molecule has 0 amide bonds. The van der Waals surface area contributed by atoms with Crippen molar-refractivity contribution in [2.24, 2.45) is 11.7 Å². The molecule has 1 fully saturated rings. The smallest absolute Gasteiger partial charge is 0.0469 e. The van der Waals surface area contributed by atoms with Crippen LogP contribution in [0, 0.1) is 5.92 Å². The number of ether oxygens (including phenoxy) is 1. The number of rotatable bonds is 6. The van der Waals surface area contributed by atoms with E-state index in [1.54, 1.807) is 0 Å². The Hall–Kier alpha value is -0.120. The van der Waals surface area contributed by atoms with Crippen molar-refractivity contribution < 1.29 is 4.74 Å². The molecule has 0 aliphatic carbocycles. The lowest BCUT2D eigenvalue weighted by molar-refractivity contribution is 0.0663. The fraction of sp³-hybridized carbons (Fsp3) is 1.00. The van der Waals surface area contributed by atoms with Gasteiger partial charge in [-0.2, -0.15) is 0 Å². The molecule has 15 heavy (non-hydrogen) atoms. The summed E-state index contributed by atoms with van der Waals surface area (Å²) in [5.74, 6) is 0.824. The van der Waals surface area contributed by atoms with E-state index < -0.39 is 0 Å². The summed E-state index contributed by atoms with van der Waals surface area (Å²) >= 11 is 0.